The maximum Gasteiger partial charge on any atom is 0.410 e. The molecule has 4 heteroatoms. The Morgan fingerprint density at radius 3 is 2.65 bits per heavy atom. The molecule has 2 rings (SSSR count). The summed E-state index contributed by atoms with van der Waals surface area (Å²) in [5.74, 6) is 0. The van der Waals surface area contributed by atoms with Gasteiger partial charge < -0.3 is 14.4 Å². The van der Waals surface area contributed by atoms with Crippen LogP contribution in [0.5, 0.6) is 0 Å². The molecule has 0 aromatic carbocycles. The summed E-state index contributed by atoms with van der Waals surface area (Å²) in [7, 11) is 0. The van der Waals surface area contributed by atoms with Crippen molar-refractivity contribution in [1.29, 1.82) is 0 Å². The van der Waals surface area contributed by atoms with E-state index in [0.29, 0.717) is 0 Å². The van der Waals surface area contributed by atoms with Crippen molar-refractivity contribution in [2.24, 2.45) is 0 Å². The van der Waals surface area contributed by atoms with Gasteiger partial charge in [-0.3, -0.25) is 0 Å². The van der Waals surface area contributed by atoms with Crippen LogP contribution in [0.15, 0.2) is 0 Å². The molecule has 2 unspecified atom stereocenters. The zero-order valence-corrected chi connectivity index (χ0v) is 11.3. The summed E-state index contributed by atoms with van der Waals surface area (Å²) in [5, 5.41) is 0. The highest BCUT2D eigenvalue weighted by Crippen LogP contribution is 2.42. The Morgan fingerprint density at radius 2 is 2.18 bits per heavy atom. The summed E-state index contributed by atoms with van der Waals surface area (Å²) in [4.78, 5) is 14.0. The second kappa shape index (κ2) is 4.16. The number of hydrogen-bond donors (Lipinski definition) is 0. The van der Waals surface area contributed by atoms with Gasteiger partial charge in [-0.15, -0.1) is 0 Å². The van der Waals surface area contributed by atoms with E-state index in [1.54, 1.807) is 0 Å². The number of carbonyl (C=O) groups is 1. The predicted octanol–water partition coefficient (Wildman–Crippen LogP) is 2.56. The molecule has 0 aliphatic carbocycles. The molecule has 2 heterocycles. The molecular formula is C13H23NO3. The van der Waals surface area contributed by atoms with Crippen molar-refractivity contribution in [3.8, 4) is 0 Å². The van der Waals surface area contributed by atoms with Crippen LogP contribution in [0.1, 0.15) is 47.0 Å². The molecule has 2 fully saturated rings. The monoisotopic (exact) mass is 241 g/mol. The SMILES string of the molecule is CCC1(C2CCCN2C(=O)OC(C)(C)C)CO1. The smallest absolute Gasteiger partial charge is 0.410 e. The van der Waals surface area contributed by atoms with E-state index in [0.717, 1.165) is 32.4 Å². The van der Waals surface area contributed by atoms with Gasteiger partial charge in [-0.2, -0.15) is 0 Å². The van der Waals surface area contributed by atoms with Gasteiger partial charge >= 0.3 is 6.09 Å². The van der Waals surface area contributed by atoms with E-state index in [4.69, 9.17) is 9.47 Å². The van der Waals surface area contributed by atoms with Gasteiger partial charge in [-0.1, -0.05) is 6.92 Å². The van der Waals surface area contributed by atoms with Gasteiger partial charge in [0.1, 0.15) is 11.2 Å². The molecule has 0 spiro atoms. The van der Waals surface area contributed by atoms with Gasteiger partial charge in [0.15, 0.2) is 0 Å². The topological polar surface area (TPSA) is 42.1 Å². The molecule has 0 aromatic heterocycles. The first-order valence-corrected chi connectivity index (χ1v) is 6.51. The summed E-state index contributed by atoms with van der Waals surface area (Å²) in [6.45, 7) is 9.41. The van der Waals surface area contributed by atoms with Crippen molar-refractivity contribution in [1.82, 2.24) is 4.90 Å². The zero-order chi connectivity index (χ0) is 12.7. The van der Waals surface area contributed by atoms with Crippen molar-refractivity contribution in [2.75, 3.05) is 13.2 Å². The predicted molar refractivity (Wildman–Crippen MR) is 64.9 cm³/mol. The second-order valence-electron chi connectivity index (χ2n) is 6.04. The largest absolute Gasteiger partial charge is 0.444 e. The molecule has 4 nitrogen and oxygen atoms in total. The first-order chi connectivity index (χ1) is 7.88. The van der Waals surface area contributed by atoms with Crippen molar-refractivity contribution in [2.45, 2.75) is 64.2 Å². The van der Waals surface area contributed by atoms with Crippen LogP contribution in [0.25, 0.3) is 0 Å². The summed E-state index contributed by atoms with van der Waals surface area (Å²) < 4.78 is 11.0. The first kappa shape index (κ1) is 12.7. The van der Waals surface area contributed by atoms with Crippen LogP contribution in [0, 0.1) is 0 Å². The molecule has 0 saturated carbocycles. The highest BCUT2D eigenvalue weighted by Gasteiger charge is 2.55. The molecule has 1 amide bonds. The van der Waals surface area contributed by atoms with Crippen LogP contribution in [-0.2, 0) is 9.47 Å². The number of ether oxygens (including phenoxy) is 2. The normalized spacial score (nSPS) is 32.7. The van der Waals surface area contributed by atoms with Crippen LogP contribution < -0.4 is 0 Å². The minimum atomic E-state index is -0.423. The summed E-state index contributed by atoms with van der Waals surface area (Å²) >= 11 is 0. The standard InChI is InChI=1S/C13H23NO3/c1-5-13(9-16-13)10-7-6-8-14(10)11(15)17-12(2,3)4/h10H,5-9H2,1-4H3. The maximum atomic E-state index is 12.1. The molecule has 0 aromatic rings. The molecule has 2 atom stereocenters. The molecule has 2 aliphatic rings. The number of rotatable bonds is 2. The van der Waals surface area contributed by atoms with Crippen molar-refractivity contribution in [3.05, 3.63) is 0 Å². The Kier molecular flexibility index (Phi) is 3.10. The van der Waals surface area contributed by atoms with Crippen LogP contribution in [-0.4, -0.2) is 41.4 Å². The first-order valence-electron chi connectivity index (χ1n) is 6.51. The van der Waals surface area contributed by atoms with E-state index in [1.165, 1.54) is 0 Å². The van der Waals surface area contributed by atoms with E-state index >= 15 is 0 Å². The quantitative estimate of drug-likeness (QED) is 0.698. The molecule has 98 valence electrons. The molecule has 17 heavy (non-hydrogen) atoms. The number of likely N-dealkylation sites (tertiary alicyclic amines) is 1. The molecule has 0 radical (unpaired) electrons. The summed E-state index contributed by atoms with van der Waals surface area (Å²) in [5.41, 5.74) is -0.499. The third-order valence-corrected chi connectivity index (χ3v) is 3.60. The fourth-order valence-electron chi connectivity index (χ4n) is 2.58. The van der Waals surface area contributed by atoms with Crippen molar-refractivity contribution in [3.63, 3.8) is 0 Å². The fraction of sp³-hybridized carbons (Fsp3) is 0.923. The Bertz CT molecular complexity index is 304. The second-order valence-corrected chi connectivity index (χ2v) is 6.04. The molecule has 0 bridgehead atoms. The number of nitrogens with zero attached hydrogens (tertiary/aromatic N) is 1. The molecule has 2 saturated heterocycles. The van der Waals surface area contributed by atoms with Gasteiger partial charge in [-0.05, 0) is 40.0 Å². The summed E-state index contributed by atoms with van der Waals surface area (Å²) in [6, 6.07) is 0.211. The van der Waals surface area contributed by atoms with Gasteiger partial charge in [0, 0.05) is 6.54 Å². The number of amides is 1. The average molecular weight is 241 g/mol. The van der Waals surface area contributed by atoms with E-state index < -0.39 is 5.60 Å². The van der Waals surface area contributed by atoms with Crippen LogP contribution in [0.3, 0.4) is 0 Å². The Hall–Kier alpha value is -0.770. The van der Waals surface area contributed by atoms with E-state index in [1.807, 2.05) is 25.7 Å². The van der Waals surface area contributed by atoms with Gasteiger partial charge in [0.05, 0.1) is 12.6 Å². The Balaban J connectivity index is 2.02. The Morgan fingerprint density at radius 1 is 1.53 bits per heavy atom. The van der Waals surface area contributed by atoms with Gasteiger partial charge in [0.25, 0.3) is 0 Å². The highest BCUT2D eigenvalue weighted by molar-refractivity contribution is 5.69. The summed E-state index contributed by atoms with van der Waals surface area (Å²) in [6.07, 6.45) is 2.86. The van der Waals surface area contributed by atoms with E-state index in [9.17, 15) is 4.79 Å². The van der Waals surface area contributed by atoms with Gasteiger partial charge in [0.2, 0.25) is 0 Å². The molecule has 2 aliphatic heterocycles. The van der Waals surface area contributed by atoms with Crippen LogP contribution in [0.4, 0.5) is 4.79 Å². The third kappa shape index (κ3) is 2.57. The van der Waals surface area contributed by atoms with E-state index in [-0.39, 0.29) is 17.7 Å². The minimum Gasteiger partial charge on any atom is -0.444 e. The van der Waals surface area contributed by atoms with Gasteiger partial charge in [-0.25, -0.2) is 4.79 Å². The number of hydrogen-bond acceptors (Lipinski definition) is 3. The van der Waals surface area contributed by atoms with Crippen molar-refractivity contribution < 1.29 is 14.3 Å². The van der Waals surface area contributed by atoms with Crippen LogP contribution in [0.2, 0.25) is 0 Å². The van der Waals surface area contributed by atoms with E-state index in [2.05, 4.69) is 6.92 Å². The third-order valence-electron chi connectivity index (χ3n) is 3.60. The maximum absolute atomic E-state index is 12.1. The lowest BCUT2D eigenvalue weighted by Crippen LogP contribution is -2.46. The highest BCUT2D eigenvalue weighted by atomic mass is 16.6. The lowest BCUT2D eigenvalue weighted by Gasteiger charge is -2.31. The lowest BCUT2D eigenvalue weighted by molar-refractivity contribution is 0.0143. The minimum absolute atomic E-state index is 0.0760. The molecule has 0 N–H and O–H groups in total. The number of epoxide rings is 1. The van der Waals surface area contributed by atoms with Crippen LogP contribution >= 0.6 is 0 Å². The Labute approximate surface area is 103 Å². The molecular weight excluding hydrogens is 218 g/mol. The fourth-order valence-corrected chi connectivity index (χ4v) is 2.58. The number of carbonyl (C=O) groups excluding carboxylic acids is 1. The van der Waals surface area contributed by atoms with Crippen molar-refractivity contribution >= 4 is 6.09 Å². The average Bonchev–Trinajstić information content (AvgIpc) is 2.85. The zero-order valence-electron chi connectivity index (χ0n) is 11.3. The lowest BCUT2D eigenvalue weighted by atomic mass is 9.96.